The van der Waals surface area contributed by atoms with Gasteiger partial charge in [0.15, 0.2) is 15.0 Å². The zero-order valence-electron chi connectivity index (χ0n) is 17.2. The van der Waals surface area contributed by atoms with Crippen LogP contribution < -0.4 is 10.2 Å². The highest BCUT2D eigenvalue weighted by Crippen LogP contribution is 2.28. The van der Waals surface area contributed by atoms with Crippen molar-refractivity contribution < 1.29 is 13.2 Å². The van der Waals surface area contributed by atoms with Gasteiger partial charge in [0.05, 0.1) is 28.8 Å². The molecule has 0 saturated carbocycles. The molecular weight excluding hydrogens is 432 g/mol. The molecule has 4 rings (SSSR count). The third-order valence-corrected chi connectivity index (χ3v) is 7.71. The van der Waals surface area contributed by atoms with Crippen molar-refractivity contribution in [2.45, 2.75) is 24.5 Å². The zero-order valence-corrected chi connectivity index (χ0v) is 18.8. The van der Waals surface area contributed by atoms with Crippen molar-refractivity contribution in [2.75, 3.05) is 34.0 Å². The number of aromatic nitrogens is 2. The van der Waals surface area contributed by atoms with E-state index >= 15 is 0 Å². The SMILES string of the molecule is CCNc1nc(SCC(=O)N(c2ccccc2)[C@H]2CCS(=O)(=O)C2)nc2ccccc12. The lowest BCUT2D eigenvalue weighted by molar-refractivity contribution is -0.116. The first-order valence-electron chi connectivity index (χ1n) is 10.2. The number of hydrogen-bond donors (Lipinski definition) is 1. The number of hydrogen-bond acceptors (Lipinski definition) is 7. The molecule has 0 radical (unpaired) electrons. The molecule has 1 saturated heterocycles. The summed E-state index contributed by atoms with van der Waals surface area (Å²) in [6.07, 6.45) is 0.449. The molecule has 31 heavy (non-hydrogen) atoms. The highest BCUT2D eigenvalue weighted by Gasteiger charge is 2.35. The Balaban J connectivity index is 1.57. The second-order valence-electron chi connectivity index (χ2n) is 7.35. The van der Waals surface area contributed by atoms with Crippen molar-refractivity contribution in [1.29, 1.82) is 0 Å². The molecule has 1 atom stereocenters. The molecule has 162 valence electrons. The van der Waals surface area contributed by atoms with Gasteiger partial charge in [-0.2, -0.15) is 0 Å². The minimum atomic E-state index is -3.12. The molecular formula is C22H24N4O3S2. The molecule has 9 heteroatoms. The van der Waals surface area contributed by atoms with Gasteiger partial charge in [-0.1, -0.05) is 42.1 Å². The van der Waals surface area contributed by atoms with E-state index in [0.717, 1.165) is 23.3 Å². The standard InChI is InChI=1S/C22H24N4O3S2/c1-2-23-21-18-10-6-7-11-19(18)24-22(25-21)30-14-20(27)26(16-8-4-3-5-9-16)17-12-13-31(28,29)15-17/h3-11,17H,2,12-15H2,1H3,(H,23,24,25)/t17-/m0/s1. The Kier molecular flexibility index (Phi) is 6.43. The molecule has 1 fully saturated rings. The molecule has 1 aromatic heterocycles. The van der Waals surface area contributed by atoms with Gasteiger partial charge in [0.2, 0.25) is 5.91 Å². The van der Waals surface area contributed by atoms with Crippen molar-refractivity contribution in [3.8, 4) is 0 Å². The van der Waals surface area contributed by atoms with Crippen LogP contribution in [0.5, 0.6) is 0 Å². The Bertz CT molecular complexity index is 1190. The summed E-state index contributed by atoms with van der Waals surface area (Å²) in [5.41, 5.74) is 1.52. The summed E-state index contributed by atoms with van der Waals surface area (Å²) in [6, 6.07) is 16.6. The second-order valence-corrected chi connectivity index (χ2v) is 10.5. The summed E-state index contributed by atoms with van der Waals surface area (Å²) in [7, 11) is -3.12. The van der Waals surface area contributed by atoms with Crippen LogP contribution in [-0.2, 0) is 14.6 Å². The minimum absolute atomic E-state index is 0.00462. The van der Waals surface area contributed by atoms with Crippen LogP contribution in [0.25, 0.3) is 10.9 Å². The van der Waals surface area contributed by atoms with Crippen LogP contribution in [0.1, 0.15) is 13.3 Å². The summed E-state index contributed by atoms with van der Waals surface area (Å²) in [5, 5.41) is 4.70. The van der Waals surface area contributed by atoms with Crippen molar-refractivity contribution in [1.82, 2.24) is 9.97 Å². The van der Waals surface area contributed by atoms with Gasteiger partial charge in [-0.15, -0.1) is 0 Å². The van der Waals surface area contributed by atoms with Gasteiger partial charge in [0, 0.05) is 17.6 Å². The van der Waals surface area contributed by atoms with E-state index in [0.29, 0.717) is 17.3 Å². The van der Waals surface area contributed by atoms with Crippen LogP contribution in [0, 0.1) is 0 Å². The normalized spacial score (nSPS) is 17.5. The fourth-order valence-electron chi connectivity index (χ4n) is 3.74. The lowest BCUT2D eigenvalue weighted by Gasteiger charge is -2.28. The van der Waals surface area contributed by atoms with Gasteiger partial charge >= 0.3 is 0 Å². The summed E-state index contributed by atoms with van der Waals surface area (Å²) in [5.74, 6) is 0.816. The van der Waals surface area contributed by atoms with E-state index in [4.69, 9.17) is 0 Å². The molecule has 2 heterocycles. The maximum Gasteiger partial charge on any atom is 0.237 e. The summed E-state index contributed by atoms with van der Waals surface area (Å²) >= 11 is 1.26. The van der Waals surface area contributed by atoms with Crippen molar-refractivity contribution >= 4 is 49.9 Å². The van der Waals surface area contributed by atoms with Crippen LogP contribution in [0.3, 0.4) is 0 Å². The molecule has 1 aliphatic heterocycles. The number of nitrogens with one attached hydrogen (secondary N) is 1. The molecule has 0 spiro atoms. The molecule has 2 aromatic carbocycles. The number of fused-ring (bicyclic) bond motifs is 1. The topological polar surface area (TPSA) is 92.3 Å². The van der Waals surface area contributed by atoms with Crippen LogP contribution in [0.2, 0.25) is 0 Å². The number of sulfone groups is 1. The highest BCUT2D eigenvalue weighted by atomic mass is 32.2. The number of para-hydroxylation sites is 2. The molecule has 1 amide bonds. The predicted molar refractivity (Wildman–Crippen MR) is 125 cm³/mol. The molecule has 0 unspecified atom stereocenters. The monoisotopic (exact) mass is 456 g/mol. The molecule has 7 nitrogen and oxygen atoms in total. The largest absolute Gasteiger partial charge is 0.370 e. The molecule has 1 N–H and O–H groups in total. The quantitative estimate of drug-likeness (QED) is 0.430. The second kappa shape index (κ2) is 9.23. The van der Waals surface area contributed by atoms with Gasteiger partial charge in [-0.25, -0.2) is 18.4 Å². The number of anilines is 2. The number of carbonyl (C=O) groups excluding carboxylic acids is 1. The average molecular weight is 457 g/mol. The lowest BCUT2D eigenvalue weighted by atomic mass is 10.2. The summed E-state index contributed by atoms with van der Waals surface area (Å²) in [4.78, 5) is 24.0. The van der Waals surface area contributed by atoms with Crippen LogP contribution in [0.4, 0.5) is 11.5 Å². The van der Waals surface area contributed by atoms with E-state index < -0.39 is 9.84 Å². The van der Waals surface area contributed by atoms with Gasteiger partial charge in [-0.3, -0.25) is 4.79 Å². The third-order valence-electron chi connectivity index (χ3n) is 5.13. The first kappa shape index (κ1) is 21.6. The van der Waals surface area contributed by atoms with Gasteiger partial charge < -0.3 is 10.2 Å². The molecule has 0 bridgehead atoms. The first-order valence-corrected chi connectivity index (χ1v) is 13.0. The first-order chi connectivity index (χ1) is 15.0. The predicted octanol–water partition coefficient (Wildman–Crippen LogP) is 3.37. The van der Waals surface area contributed by atoms with E-state index in [9.17, 15) is 13.2 Å². The Morgan fingerprint density at radius 1 is 1.13 bits per heavy atom. The summed E-state index contributed by atoms with van der Waals surface area (Å²) < 4.78 is 24.1. The van der Waals surface area contributed by atoms with Crippen molar-refractivity contribution in [3.05, 3.63) is 54.6 Å². The maximum absolute atomic E-state index is 13.2. The van der Waals surface area contributed by atoms with E-state index in [1.807, 2.05) is 61.5 Å². The van der Waals surface area contributed by atoms with Crippen molar-refractivity contribution in [3.63, 3.8) is 0 Å². The van der Waals surface area contributed by atoms with Crippen LogP contribution in [0.15, 0.2) is 59.8 Å². The molecule has 3 aromatic rings. The van der Waals surface area contributed by atoms with Gasteiger partial charge in [0.1, 0.15) is 5.82 Å². The van der Waals surface area contributed by atoms with E-state index in [-0.39, 0.29) is 29.2 Å². The fourth-order valence-corrected chi connectivity index (χ4v) is 6.15. The molecule has 1 aliphatic rings. The summed E-state index contributed by atoms with van der Waals surface area (Å²) in [6.45, 7) is 2.72. The van der Waals surface area contributed by atoms with Crippen LogP contribution >= 0.6 is 11.8 Å². The average Bonchev–Trinajstić information content (AvgIpc) is 3.12. The number of thioether (sulfide) groups is 1. The minimum Gasteiger partial charge on any atom is -0.370 e. The number of nitrogens with zero attached hydrogens (tertiary/aromatic N) is 3. The van der Waals surface area contributed by atoms with Gasteiger partial charge in [0.25, 0.3) is 0 Å². The third kappa shape index (κ3) is 4.99. The van der Waals surface area contributed by atoms with E-state index in [1.165, 1.54) is 11.8 Å². The maximum atomic E-state index is 13.2. The van der Waals surface area contributed by atoms with Crippen molar-refractivity contribution in [2.24, 2.45) is 0 Å². The van der Waals surface area contributed by atoms with Crippen LogP contribution in [-0.4, -0.2) is 54.1 Å². The Labute approximate surface area is 186 Å². The fraction of sp³-hybridized carbons (Fsp3) is 0.318. The number of carbonyl (C=O) groups is 1. The van der Waals surface area contributed by atoms with E-state index in [2.05, 4.69) is 15.3 Å². The lowest BCUT2D eigenvalue weighted by Crippen LogP contribution is -2.42. The van der Waals surface area contributed by atoms with Gasteiger partial charge in [-0.05, 0) is 37.6 Å². The zero-order chi connectivity index (χ0) is 21.8. The number of benzene rings is 2. The Morgan fingerprint density at radius 2 is 1.87 bits per heavy atom. The Hall–Kier alpha value is -2.65. The van der Waals surface area contributed by atoms with E-state index in [1.54, 1.807) is 4.90 Å². The number of amides is 1. The molecule has 0 aliphatic carbocycles. The highest BCUT2D eigenvalue weighted by molar-refractivity contribution is 7.99. The Morgan fingerprint density at radius 3 is 2.58 bits per heavy atom. The smallest absolute Gasteiger partial charge is 0.237 e. The number of rotatable bonds is 7.